The van der Waals surface area contributed by atoms with Crippen LogP contribution in [0.4, 0.5) is 0 Å². The van der Waals surface area contributed by atoms with Gasteiger partial charge in [0, 0.05) is 13.2 Å². The van der Waals surface area contributed by atoms with Gasteiger partial charge in [-0.2, -0.15) is 0 Å². The molecule has 118 valence electrons. The summed E-state index contributed by atoms with van der Waals surface area (Å²) < 4.78 is 38.1. The average Bonchev–Trinajstić information content (AvgIpc) is 2.97. The van der Waals surface area contributed by atoms with Crippen LogP contribution in [-0.4, -0.2) is 34.8 Å². The van der Waals surface area contributed by atoms with Crippen LogP contribution in [0.3, 0.4) is 0 Å². The molecule has 0 amide bonds. The molecule has 1 aromatic carbocycles. The Morgan fingerprint density at radius 3 is 2.76 bits per heavy atom. The van der Waals surface area contributed by atoms with Crippen molar-refractivity contribution in [3.8, 4) is 5.75 Å². The highest BCUT2D eigenvalue weighted by Crippen LogP contribution is 2.28. The van der Waals surface area contributed by atoms with E-state index in [4.69, 9.17) is 9.47 Å². The molecule has 1 N–H and O–H groups in total. The van der Waals surface area contributed by atoms with E-state index < -0.39 is 10.0 Å². The van der Waals surface area contributed by atoms with E-state index in [1.807, 2.05) is 13.8 Å². The van der Waals surface area contributed by atoms with Crippen LogP contribution >= 0.6 is 0 Å². The lowest BCUT2D eigenvalue weighted by Crippen LogP contribution is -2.31. The van der Waals surface area contributed by atoms with Gasteiger partial charge in [0.25, 0.3) is 0 Å². The molecular formula is C15H23NO4S. The minimum Gasteiger partial charge on any atom is -0.496 e. The first-order valence-electron chi connectivity index (χ1n) is 7.23. The van der Waals surface area contributed by atoms with Crippen LogP contribution in [0.15, 0.2) is 23.1 Å². The number of nitrogens with one attached hydrogen (secondary N) is 1. The zero-order valence-electron chi connectivity index (χ0n) is 12.8. The predicted molar refractivity (Wildman–Crippen MR) is 81.2 cm³/mol. The van der Waals surface area contributed by atoms with Crippen molar-refractivity contribution < 1.29 is 17.9 Å². The number of ether oxygens (including phenoxy) is 2. The third-order valence-corrected chi connectivity index (χ3v) is 5.08. The molecule has 1 fully saturated rings. The van der Waals surface area contributed by atoms with E-state index in [9.17, 15) is 8.42 Å². The van der Waals surface area contributed by atoms with Gasteiger partial charge in [0.15, 0.2) is 0 Å². The van der Waals surface area contributed by atoms with Gasteiger partial charge in [-0.15, -0.1) is 0 Å². The Kier molecular flexibility index (Phi) is 5.24. The van der Waals surface area contributed by atoms with Gasteiger partial charge in [0.05, 0.1) is 18.1 Å². The molecule has 0 aromatic heterocycles. The monoisotopic (exact) mass is 313 g/mol. The number of hydrogen-bond donors (Lipinski definition) is 1. The van der Waals surface area contributed by atoms with E-state index in [1.54, 1.807) is 25.3 Å². The van der Waals surface area contributed by atoms with Gasteiger partial charge in [-0.3, -0.25) is 0 Å². The highest BCUT2D eigenvalue weighted by atomic mass is 32.2. The molecule has 2 rings (SSSR count). The van der Waals surface area contributed by atoms with E-state index in [2.05, 4.69) is 4.72 Å². The Labute approximate surface area is 126 Å². The summed E-state index contributed by atoms with van der Waals surface area (Å²) in [5.41, 5.74) is 0.887. The lowest BCUT2D eigenvalue weighted by atomic mass is 10.0. The first-order valence-corrected chi connectivity index (χ1v) is 8.71. The van der Waals surface area contributed by atoms with Gasteiger partial charge in [-0.25, -0.2) is 13.1 Å². The van der Waals surface area contributed by atoms with E-state index in [0.717, 1.165) is 18.4 Å². The van der Waals surface area contributed by atoms with E-state index >= 15 is 0 Å². The summed E-state index contributed by atoms with van der Waals surface area (Å²) in [7, 11) is -1.93. The maximum atomic E-state index is 12.4. The normalized spacial score (nSPS) is 19.1. The second-order valence-corrected chi connectivity index (χ2v) is 7.31. The minimum atomic E-state index is -3.51. The molecule has 1 unspecified atom stereocenters. The molecular weight excluding hydrogens is 290 g/mol. The summed E-state index contributed by atoms with van der Waals surface area (Å²) in [6.45, 7) is 5.06. The van der Waals surface area contributed by atoms with Crippen molar-refractivity contribution in [2.45, 2.75) is 43.6 Å². The quantitative estimate of drug-likeness (QED) is 0.875. The van der Waals surface area contributed by atoms with Crippen molar-refractivity contribution in [3.63, 3.8) is 0 Å². The van der Waals surface area contributed by atoms with Crippen LogP contribution in [0.1, 0.15) is 38.2 Å². The highest BCUT2D eigenvalue weighted by Gasteiger charge is 2.21. The molecule has 0 aliphatic carbocycles. The molecule has 1 atom stereocenters. The maximum Gasteiger partial charge on any atom is 0.240 e. The lowest BCUT2D eigenvalue weighted by Gasteiger charge is -2.15. The second-order valence-electron chi connectivity index (χ2n) is 5.55. The van der Waals surface area contributed by atoms with E-state index in [1.165, 1.54) is 0 Å². The second kappa shape index (κ2) is 6.77. The fourth-order valence-electron chi connectivity index (χ4n) is 2.42. The number of sulfonamides is 1. The summed E-state index contributed by atoms with van der Waals surface area (Å²) in [6, 6.07) is 4.96. The van der Waals surface area contributed by atoms with Crippen LogP contribution in [0.5, 0.6) is 5.75 Å². The summed E-state index contributed by atoms with van der Waals surface area (Å²) >= 11 is 0. The first kappa shape index (κ1) is 16.3. The van der Waals surface area contributed by atoms with Crippen molar-refractivity contribution in [1.29, 1.82) is 0 Å². The summed E-state index contributed by atoms with van der Waals surface area (Å²) in [4.78, 5) is 0.269. The number of methoxy groups -OCH3 is 1. The van der Waals surface area contributed by atoms with Gasteiger partial charge >= 0.3 is 0 Å². The van der Waals surface area contributed by atoms with E-state index in [0.29, 0.717) is 18.9 Å². The van der Waals surface area contributed by atoms with Crippen molar-refractivity contribution >= 4 is 10.0 Å². The van der Waals surface area contributed by atoms with Crippen LogP contribution in [-0.2, 0) is 14.8 Å². The van der Waals surface area contributed by atoms with E-state index in [-0.39, 0.29) is 16.9 Å². The molecule has 1 aliphatic heterocycles. The largest absolute Gasteiger partial charge is 0.496 e. The van der Waals surface area contributed by atoms with Gasteiger partial charge < -0.3 is 9.47 Å². The number of rotatable bonds is 6. The summed E-state index contributed by atoms with van der Waals surface area (Å²) in [5.74, 6) is 0.899. The van der Waals surface area contributed by atoms with Gasteiger partial charge in [0.2, 0.25) is 10.0 Å². The molecule has 0 saturated carbocycles. The van der Waals surface area contributed by atoms with Crippen molar-refractivity contribution in [2.24, 2.45) is 0 Å². The smallest absolute Gasteiger partial charge is 0.240 e. The van der Waals surface area contributed by atoms with Gasteiger partial charge in [-0.05, 0) is 42.5 Å². The molecule has 1 heterocycles. The Morgan fingerprint density at radius 1 is 1.43 bits per heavy atom. The van der Waals surface area contributed by atoms with Crippen LogP contribution in [0.2, 0.25) is 0 Å². The van der Waals surface area contributed by atoms with Gasteiger partial charge in [-0.1, -0.05) is 13.8 Å². The lowest BCUT2D eigenvalue weighted by molar-refractivity contribution is 0.114. The number of hydrogen-bond acceptors (Lipinski definition) is 4. The third kappa shape index (κ3) is 3.96. The Bertz CT molecular complexity index is 577. The van der Waals surface area contributed by atoms with Crippen LogP contribution in [0.25, 0.3) is 0 Å². The molecule has 0 radical (unpaired) electrons. The summed E-state index contributed by atoms with van der Waals surface area (Å²) in [5, 5.41) is 0. The fraction of sp³-hybridized carbons (Fsp3) is 0.600. The zero-order valence-corrected chi connectivity index (χ0v) is 13.6. The average molecular weight is 313 g/mol. The first-order chi connectivity index (χ1) is 9.94. The molecule has 0 spiro atoms. The summed E-state index contributed by atoms with van der Waals surface area (Å²) in [6.07, 6.45) is 1.89. The van der Waals surface area contributed by atoms with Gasteiger partial charge in [0.1, 0.15) is 5.75 Å². The highest BCUT2D eigenvalue weighted by molar-refractivity contribution is 7.89. The number of benzene rings is 1. The zero-order chi connectivity index (χ0) is 15.5. The molecule has 1 aliphatic rings. The fourth-order valence-corrected chi connectivity index (χ4v) is 3.52. The Hall–Kier alpha value is -1.11. The standard InChI is InChI=1S/C15H23NO4S/c1-11(2)14-9-13(6-7-15(14)19-3)21(17,18)16-10-12-5-4-8-20-12/h6-7,9,11-12,16H,4-5,8,10H2,1-3H3. The molecule has 6 heteroatoms. The van der Waals surface area contributed by atoms with Crippen LogP contribution < -0.4 is 9.46 Å². The molecule has 1 aromatic rings. The Balaban J connectivity index is 2.17. The molecule has 21 heavy (non-hydrogen) atoms. The van der Waals surface area contributed by atoms with Crippen molar-refractivity contribution in [2.75, 3.05) is 20.3 Å². The third-order valence-electron chi connectivity index (χ3n) is 3.66. The maximum absolute atomic E-state index is 12.4. The van der Waals surface area contributed by atoms with Crippen LogP contribution in [0, 0.1) is 0 Å². The SMILES string of the molecule is COc1ccc(S(=O)(=O)NCC2CCCO2)cc1C(C)C. The predicted octanol–water partition coefficient (Wildman–Crippen LogP) is 2.28. The molecule has 1 saturated heterocycles. The van der Waals surface area contributed by atoms with Crippen molar-refractivity contribution in [1.82, 2.24) is 4.72 Å². The minimum absolute atomic E-state index is 0.0115. The molecule has 5 nitrogen and oxygen atoms in total. The van der Waals surface area contributed by atoms with Crippen molar-refractivity contribution in [3.05, 3.63) is 23.8 Å². The molecule has 0 bridgehead atoms. The Morgan fingerprint density at radius 2 is 2.19 bits per heavy atom. The topological polar surface area (TPSA) is 64.6 Å².